The number of nitrogens with one attached hydrogen (secondary N) is 1. The van der Waals surface area contributed by atoms with Gasteiger partial charge in [-0.25, -0.2) is 18.2 Å². The number of carbonyl (C=O) groups excluding carboxylic acids is 2. The Hall–Kier alpha value is -2.28. The van der Waals surface area contributed by atoms with E-state index in [0.717, 1.165) is 0 Å². The lowest BCUT2D eigenvalue weighted by Crippen LogP contribution is -2.50. The number of hydrogen-bond donors (Lipinski definition) is 2. The van der Waals surface area contributed by atoms with E-state index in [4.69, 9.17) is 10.5 Å². The minimum Gasteiger partial charge on any atom is -0.379 e. The van der Waals surface area contributed by atoms with E-state index in [1.807, 2.05) is 15.1 Å². The van der Waals surface area contributed by atoms with Gasteiger partial charge in [0, 0.05) is 45.5 Å². The van der Waals surface area contributed by atoms with Gasteiger partial charge in [-0.2, -0.15) is 4.31 Å². The third-order valence-corrected chi connectivity index (χ3v) is 6.54. The number of ether oxygens (including phenoxy) is 1. The summed E-state index contributed by atoms with van der Waals surface area (Å²) in [5, 5.41) is 2.04. The van der Waals surface area contributed by atoms with Crippen molar-refractivity contribution in [1.29, 1.82) is 0 Å². The van der Waals surface area contributed by atoms with E-state index in [0.29, 0.717) is 58.3 Å². The first-order chi connectivity index (χ1) is 13.4. The van der Waals surface area contributed by atoms with Crippen LogP contribution in [0.5, 0.6) is 0 Å². The van der Waals surface area contributed by atoms with Gasteiger partial charge in [-0.15, -0.1) is 0 Å². The van der Waals surface area contributed by atoms with Gasteiger partial charge >= 0.3 is 6.03 Å². The minimum absolute atomic E-state index is 0.0982. The number of piperazine rings is 1. The largest absolute Gasteiger partial charge is 0.379 e. The van der Waals surface area contributed by atoms with Gasteiger partial charge in [-0.05, 0) is 12.1 Å². The summed E-state index contributed by atoms with van der Waals surface area (Å²) in [5.74, 6) is 0.249. The van der Waals surface area contributed by atoms with Crippen LogP contribution >= 0.6 is 0 Å². The van der Waals surface area contributed by atoms with Gasteiger partial charge in [0.2, 0.25) is 15.9 Å². The van der Waals surface area contributed by atoms with E-state index in [-0.39, 0.29) is 11.4 Å². The first-order valence-electron chi connectivity index (χ1n) is 8.97. The molecule has 3 heterocycles. The van der Waals surface area contributed by atoms with Crippen LogP contribution in [0, 0.1) is 0 Å². The first-order valence-corrected chi connectivity index (χ1v) is 10.4. The van der Waals surface area contributed by atoms with Gasteiger partial charge in [-0.1, -0.05) is 0 Å². The molecule has 0 aromatic carbocycles. The Kier molecular flexibility index (Phi) is 6.44. The maximum absolute atomic E-state index is 12.6. The molecule has 3 rings (SSSR count). The molecule has 0 radical (unpaired) electrons. The summed E-state index contributed by atoms with van der Waals surface area (Å²) in [7, 11) is -3.56. The van der Waals surface area contributed by atoms with Crippen molar-refractivity contribution in [2.45, 2.75) is 4.90 Å². The number of hydrogen-bond acceptors (Lipinski definition) is 8. The van der Waals surface area contributed by atoms with Crippen LogP contribution in [0.1, 0.15) is 0 Å². The quantitative estimate of drug-likeness (QED) is 0.591. The summed E-state index contributed by atoms with van der Waals surface area (Å²) in [4.78, 5) is 30.7. The van der Waals surface area contributed by atoms with Crippen LogP contribution in [-0.4, -0.2) is 93.6 Å². The molecule has 3 N–H and O–H groups in total. The maximum atomic E-state index is 12.6. The number of aromatic nitrogens is 1. The molecule has 2 aliphatic heterocycles. The molecule has 154 valence electrons. The lowest BCUT2D eigenvalue weighted by atomic mass is 10.3. The number of rotatable bonds is 5. The van der Waals surface area contributed by atoms with Crippen LogP contribution < -0.4 is 16.0 Å². The smallest absolute Gasteiger partial charge is 0.318 e. The normalized spacial score (nSPS) is 19.4. The second kappa shape index (κ2) is 8.82. The van der Waals surface area contributed by atoms with Crippen molar-refractivity contribution in [2.75, 3.05) is 63.9 Å². The van der Waals surface area contributed by atoms with Crippen LogP contribution in [0.4, 0.5) is 10.6 Å². The van der Waals surface area contributed by atoms with Crippen molar-refractivity contribution in [3.63, 3.8) is 0 Å². The molecule has 2 aliphatic rings. The van der Waals surface area contributed by atoms with E-state index in [1.54, 1.807) is 12.1 Å². The standard InChI is InChI=1S/C16H24N6O5S/c17-16(24)19-15(23)12-20-3-5-21(6-4-20)14-2-1-13(11-18-14)28(25,26)22-7-9-27-10-8-22/h1-2,11H,3-10,12H2,(H3,17,19,23,24). The number of pyridine rings is 1. The topological polar surface area (TPSA) is 138 Å². The Labute approximate surface area is 163 Å². The van der Waals surface area contributed by atoms with E-state index >= 15 is 0 Å². The molecule has 3 amide bonds. The Morgan fingerprint density at radius 2 is 1.79 bits per heavy atom. The maximum Gasteiger partial charge on any atom is 0.318 e. The minimum atomic E-state index is -3.56. The molecule has 1 aromatic heterocycles. The number of urea groups is 1. The summed E-state index contributed by atoms with van der Waals surface area (Å²) in [6, 6.07) is 2.41. The summed E-state index contributed by atoms with van der Waals surface area (Å²) in [5.41, 5.74) is 4.93. The molecular weight excluding hydrogens is 388 g/mol. The lowest BCUT2D eigenvalue weighted by Gasteiger charge is -2.35. The molecular formula is C16H24N6O5S. The monoisotopic (exact) mass is 412 g/mol. The molecule has 0 aliphatic carbocycles. The summed E-state index contributed by atoms with van der Waals surface area (Å²) < 4.78 is 31.9. The van der Waals surface area contributed by atoms with Gasteiger partial charge < -0.3 is 15.4 Å². The van der Waals surface area contributed by atoms with Gasteiger partial charge in [0.1, 0.15) is 10.7 Å². The van der Waals surface area contributed by atoms with E-state index < -0.39 is 22.0 Å². The van der Waals surface area contributed by atoms with Crippen molar-refractivity contribution in [1.82, 2.24) is 19.5 Å². The number of imide groups is 1. The average Bonchev–Trinajstić information content (AvgIpc) is 2.69. The Morgan fingerprint density at radius 3 is 2.36 bits per heavy atom. The van der Waals surface area contributed by atoms with Gasteiger partial charge in [-0.3, -0.25) is 15.0 Å². The van der Waals surface area contributed by atoms with Crippen molar-refractivity contribution in [3.05, 3.63) is 18.3 Å². The summed E-state index contributed by atoms with van der Waals surface area (Å²) >= 11 is 0. The van der Waals surface area contributed by atoms with Crippen LogP contribution in [-0.2, 0) is 19.6 Å². The van der Waals surface area contributed by atoms with Crippen LogP contribution in [0.25, 0.3) is 0 Å². The number of carbonyl (C=O) groups is 2. The van der Waals surface area contributed by atoms with E-state index in [1.165, 1.54) is 10.5 Å². The number of nitrogens with zero attached hydrogens (tertiary/aromatic N) is 4. The Balaban J connectivity index is 1.56. The number of sulfonamides is 1. The Morgan fingerprint density at radius 1 is 1.11 bits per heavy atom. The van der Waals surface area contributed by atoms with E-state index in [9.17, 15) is 18.0 Å². The highest BCUT2D eigenvalue weighted by Gasteiger charge is 2.27. The fourth-order valence-corrected chi connectivity index (χ4v) is 4.52. The SMILES string of the molecule is NC(=O)NC(=O)CN1CCN(c2ccc(S(=O)(=O)N3CCOCC3)cn2)CC1. The highest BCUT2D eigenvalue weighted by Crippen LogP contribution is 2.20. The van der Waals surface area contributed by atoms with Gasteiger partial charge in [0.15, 0.2) is 0 Å². The van der Waals surface area contributed by atoms with Crippen molar-refractivity contribution in [3.8, 4) is 0 Å². The van der Waals surface area contributed by atoms with Crippen molar-refractivity contribution >= 4 is 27.8 Å². The third kappa shape index (κ3) is 4.95. The highest BCUT2D eigenvalue weighted by molar-refractivity contribution is 7.89. The average molecular weight is 412 g/mol. The molecule has 1 aromatic rings. The Bertz CT molecular complexity index is 801. The van der Waals surface area contributed by atoms with Crippen LogP contribution in [0.3, 0.4) is 0 Å². The fourth-order valence-electron chi connectivity index (χ4n) is 3.16. The number of morpholine rings is 1. The zero-order valence-electron chi connectivity index (χ0n) is 15.4. The number of anilines is 1. The molecule has 0 spiro atoms. The van der Waals surface area contributed by atoms with Crippen molar-refractivity contribution < 1.29 is 22.7 Å². The number of amides is 3. The molecule has 0 unspecified atom stereocenters. The van der Waals surface area contributed by atoms with E-state index in [2.05, 4.69) is 4.98 Å². The van der Waals surface area contributed by atoms with Crippen LogP contribution in [0.15, 0.2) is 23.2 Å². The first kappa shape index (κ1) is 20.5. The second-order valence-electron chi connectivity index (χ2n) is 6.54. The molecule has 2 fully saturated rings. The predicted octanol–water partition coefficient (Wildman–Crippen LogP) is -1.58. The predicted molar refractivity (Wildman–Crippen MR) is 100 cm³/mol. The third-order valence-electron chi connectivity index (χ3n) is 4.65. The summed E-state index contributed by atoms with van der Waals surface area (Å²) in [6.07, 6.45) is 1.38. The molecule has 2 saturated heterocycles. The van der Waals surface area contributed by atoms with Gasteiger partial charge in [0.25, 0.3) is 0 Å². The van der Waals surface area contributed by atoms with Crippen LogP contribution in [0.2, 0.25) is 0 Å². The highest BCUT2D eigenvalue weighted by atomic mass is 32.2. The molecule has 0 saturated carbocycles. The number of nitrogens with two attached hydrogens (primary N) is 1. The molecule has 11 nitrogen and oxygen atoms in total. The van der Waals surface area contributed by atoms with Gasteiger partial charge in [0.05, 0.1) is 19.8 Å². The summed E-state index contributed by atoms with van der Waals surface area (Å²) in [6.45, 7) is 4.06. The second-order valence-corrected chi connectivity index (χ2v) is 8.48. The number of primary amides is 1. The fraction of sp³-hybridized carbons (Fsp3) is 0.562. The lowest BCUT2D eigenvalue weighted by molar-refractivity contribution is -0.121. The molecule has 12 heteroatoms. The molecule has 0 bridgehead atoms. The molecule has 28 heavy (non-hydrogen) atoms. The molecule has 0 atom stereocenters. The zero-order chi connectivity index (χ0) is 20.1. The van der Waals surface area contributed by atoms with Crippen molar-refractivity contribution in [2.24, 2.45) is 5.73 Å². The zero-order valence-corrected chi connectivity index (χ0v) is 16.2.